The van der Waals surface area contributed by atoms with Crippen molar-refractivity contribution in [2.24, 2.45) is 17.1 Å². The van der Waals surface area contributed by atoms with Crippen molar-refractivity contribution in [2.75, 3.05) is 18.4 Å². The molecule has 15 nitrogen and oxygen atoms in total. The number of hydrogen-bond donors (Lipinski definition) is 8. The molecular formula is C45H70N8O7. The molecule has 15 heteroatoms. The van der Waals surface area contributed by atoms with Gasteiger partial charge in [0.05, 0.1) is 12.5 Å². The molecule has 0 bridgehead atoms. The minimum Gasteiger partial charge on any atom is -0.356 e. The number of nitrogens with two attached hydrogens (primary N) is 1. The summed E-state index contributed by atoms with van der Waals surface area (Å²) in [6.45, 7) is 17.5. The molecule has 0 unspecified atom stereocenters. The van der Waals surface area contributed by atoms with Crippen LogP contribution in [0.25, 0.3) is 0 Å². The maximum atomic E-state index is 13.9. The first-order chi connectivity index (χ1) is 28.0. The summed E-state index contributed by atoms with van der Waals surface area (Å²) in [6.07, 6.45) is 2.24. The summed E-state index contributed by atoms with van der Waals surface area (Å²) < 4.78 is 0. The van der Waals surface area contributed by atoms with E-state index >= 15 is 0 Å². The lowest BCUT2D eigenvalue weighted by atomic mass is 9.84. The van der Waals surface area contributed by atoms with Crippen LogP contribution in [0.3, 0.4) is 0 Å². The Morgan fingerprint density at radius 1 is 0.633 bits per heavy atom. The summed E-state index contributed by atoms with van der Waals surface area (Å²) in [5.41, 5.74) is 6.63. The van der Waals surface area contributed by atoms with Gasteiger partial charge in [0, 0.05) is 36.2 Å². The van der Waals surface area contributed by atoms with Crippen molar-refractivity contribution in [1.29, 1.82) is 0 Å². The van der Waals surface area contributed by atoms with E-state index in [4.69, 9.17) is 5.73 Å². The highest BCUT2D eigenvalue weighted by atomic mass is 16.2. The van der Waals surface area contributed by atoms with Gasteiger partial charge >= 0.3 is 6.03 Å². The molecule has 7 amide bonds. The Bertz CT molecular complexity index is 1720. The number of benzene rings is 2. The van der Waals surface area contributed by atoms with Crippen LogP contribution in [-0.2, 0) is 35.2 Å². The van der Waals surface area contributed by atoms with Gasteiger partial charge in [0.25, 0.3) is 0 Å². The third-order valence-corrected chi connectivity index (χ3v) is 9.59. The number of urea groups is 1. The van der Waals surface area contributed by atoms with E-state index in [9.17, 15) is 33.6 Å². The molecule has 0 fully saturated rings. The number of Topliss-reactive ketones (excluding diaryl/α,β-unsaturated/α-hetero) is 1. The molecule has 0 radical (unpaired) electrons. The summed E-state index contributed by atoms with van der Waals surface area (Å²) in [4.78, 5) is 91.5. The highest BCUT2D eigenvalue weighted by Gasteiger charge is 2.33. The molecule has 2 aromatic rings. The largest absolute Gasteiger partial charge is 0.356 e. The lowest BCUT2D eigenvalue weighted by molar-refractivity contribution is -0.134. The minimum absolute atomic E-state index is 0.0408. The molecule has 0 aliphatic carbocycles. The van der Waals surface area contributed by atoms with Gasteiger partial charge in [-0.15, -0.1) is 0 Å². The Balaban J connectivity index is 2.13. The zero-order chi connectivity index (χ0) is 45.0. The number of amides is 7. The second kappa shape index (κ2) is 24.7. The van der Waals surface area contributed by atoms with Gasteiger partial charge in [0.2, 0.25) is 29.5 Å². The van der Waals surface area contributed by atoms with Gasteiger partial charge in [0.1, 0.15) is 18.1 Å². The summed E-state index contributed by atoms with van der Waals surface area (Å²) >= 11 is 0. The molecule has 2 rings (SSSR count). The van der Waals surface area contributed by atoms with Gasteiger partial charge in [-0.1, -0.05) is 82.6 Å². The van der Waals surface area contributed by atoms with E-state index in [1.54, 1.807) is 26.0 Å². The number of hydrogen-bond acceptors (Lipinski definition) is 8. The Hall–Kier alpha value is -5.31. The van der Waals surface area contributed by atoms with Crippen LogP contribution < -0.4 is 43.0 Å². The molecule has 9 N–H and O–H groups in total. The number of nitrogens with one attached hydrogen (secondary N) is 7. The first-order valence-electron chi connectivity index (χ1n) is 21.0. The summed E-state index contributed by atoms with van der Waals surface area (Å²) in [7, 11) is 0. The number of primary amides is 1. The van der Waals surface area contributed by atoms with Crippen molar-refractivity contribution in [3.05, 3.63) is 65.7 Å². The summed E-state index contributed by atoms with van der Waals surface area (Å²) in [6, 6.07) is 12.0. The monoisotopic (exact) mass is 835 g/mol. The fourth-order valence-electron chi connectivity index (χ4n) is 6.38. The van der Waals surface area contributed by atoms with Gasteiger partial charge in [-0.25, -0.2) is 4.79 Å². The molecule has 0 saturated carbocycles. The van der Waals surface area contributed by atoms with Crippen LogP contribution in [0.1, 0.15) is 111 Å². The molecule has 0 heterocycles. The van der Waals surface area contributed by atoms with Gasteiger partial charge in [-0.2, -0.15) is 0 Å². The zero-order valence-corrected chi connectivity index (χ0v) is 37.1. The third-order valence-electron chi connectivity index (χ3n) is 9.59. The Morgan fingerprint density at radius 2 is 1.23 bits per heavy atom. The predicted octanol–water partition coefficient (Wildman–Crippen LogP) is 4.17. The summed E-state index contributed by atoms with van der Waals surface area (Å²) in [5.74, 6) is -2.56. The quantitative estimate of drug-likeness (QED) is 0.0714. The predicted molar refractivity (Wildman–Crippen MR) is 235 cm³/mol. The number of unbranched alkanes of at least 4 members (excludes halogenated alkanes) is 1. The Kier molecular flexibility index (Phi) is 20.9. The molecule has 4 atom stereocenters. The highest BCUT2D eigenvalue weighted by molar-refractivity contribution is 5.99. The van der Waals surface area contributed by atoms with E-state index in [2.05, 4.69) is 37.2 Å². The van der Waals surface area contributed by atoms with Crippen molar-refractivity contribution in [3.8, 4) is 0 Å². The standard InChI is InChI=1S/C45H70N8O7/c1-29(2)38(42(59)51-35(19-15-27-48-43(46)60)40(57)49-32-22-20-30(3)21-23-32)52-41(58)34(50-37(55)28-31-16-11-10-12-17-31)18-13-14-26-47-36(54)25-24-33(53-45(7,8)9)39(56)44(4,5)6/h10-12,16-17,20-23,29,33-35,38,53H,13-15,18-19,24-28H2,1-9H3,(H,47,54)(H,49,57)(H,50,55)(H,51,59)(H,52,58)(H3,46,48,60)/t33-,34+,35+,38+/m1/s1. The van der Waals surface area contributed by atoms with E-state index < -0.39 is 59.3 Å². The average molecular weight is 835 g/mol. The first-order valence-corrected chi connectivity index (χ1v) is 21.0. The molecular weight excluding hydrogens is 765 g/mol. The molecule has 0 aromatic heterocycles. The van der Waals surface area contributed by atoms with Crippen molar-refractivity contribution in [3.63, 3.8) is 0 Å². The first kappa shape index (κ1) is 50.8. The number of ketones is 1. The van der Waals surface area contributed by atoms with Gasteiger partial charge in [0.15, 0.2) is 5.78 Å². The third kappa shape index (κ3) is 20.1. The van der Waals surface area contributed by atoms with E-state index in [0.717, 1.165) is 11.1 Å². The van der Waals surface area contributed by atoms with Gasteiger partial charge in [-0.3, -0.25) is 28.8 Å². The Morgan fingerprint density at radius 3 is 1.82 bits per heavy atom. The SMILES string of the molecule is Cc1ccc(NC(=O)[C@H](CCCNC(N)=O)NC(=O)[C@@H](NC(=O)[C@H](CCCCNC(=O)CC[C@@H](NC(C)(C)C)C(=O)C(C)(C)C)NC(=O)Cc2ccccc2)C(C)C)cc1. The molecule has 0 aliphatic heterocycles. The normalized spacial score (nSPS) is 13.6. The van der Waals surface area contributed by atoms with Crippen molar-refractivity contribution in [2.45, 2.75) is 143 Å². The number of anilines is 1. The lowest BCUT2D eigenvalue weighted by Crippen LogP contribution is -2.58. The van der Waals surface area contributed by atoms with E-state index in [-0.39, 0.29) is 55.4 Å². The van der Waals surface area contributed by atoms with Crippen LogP contribution in [0, 0.1) is 18.3 Å². The zero-order valence-electron chi connectivity index (χ0n) is 37.1. The van der Waals surface area contributed by atoms with Gasteiger partial charge in [-0.05, 0) is 89.8 Å². The van der Waals surface area contributed by atoms with Crippen molar-refractivity contribution >= 4 is 47.0 Å². The second-order valence-electron chi connectivity index (χ2n) is 17.8. The topological polar surface area (TPSA) is 230 Å². The fraction of sp³-hybridized carbons (Fsp3) is 0.578. The van der Waals surface area contributed by atoms with Crippen LogP contribution >= 0.6 is 0 Å². The maximum Gasteiger partial charge on any atom is 0.312 e. The number of carbonyl (C=O) groups excluding carboxylic acids is 7. The van der Waals surface area contributed by atoms with E-state index in [1.807, 2.05) is 90.9 Å². The van der Waals surface area contributed by atoms with Gasteiger partial charge < -0.3 is 43.0 Å². The number of rotatable bonds is 24. The molecule has 2 aromatic carbocycles. The average Bonchev–Trinajstić information content (AvgIpc) is 3.15. The minimum atomic E-state index is -1.06. The smallest absolute Gasteiger partial charge is 0.312 e. The van der Waals surface area contributed by atoms with Crippen LogP contribution in [0.4, 0.5) is 10.5 Å². The van der Waals surface area contributed by atoms with E-state index in [0.29, 0.717) is 37.9 Å². The Labute approximate surface area is 356 Å². The van der Waals surface area contributed by atoms with E-state index in [1.165, 1.54) is 0 Å². The summed E-state index contributed by atoms with van der Waals surface area (Å²) in [5, 5.41) is 20.0. The van der Waals surface area contributed by atoms with Crippen molar-refractivity contribution < 1.29 is 33.6 Å². The highest BCUT2D eigenvalue weighted by Crippen LogP contribution is 2.21. The van der Waals surface area contributed by atoms with Crippen LogP contribution in [-0.4, -0.2) is 84.1 Å². The molecule has 0 spiro atoms. The lowest BCUT2D eigenvalue weighted by Gasteiger charge is -2.31. The second-order valence-corrected chi connectivity index (χ2v) is 17.8. The van der Waals surface area contributed by atoms with Crippen LogP contribution in [0.15, 0.2) is 54.6 Å². The molecule has 332 valence electrons. The number of aryl methyl sites for hydroxylation is 1. The number of carbonyl (C=O) groups is 7. The van der Waals surface area contributed by atoms with Crippen LogP contribution in [0.5, 0.6) is 0 Å². The van der Waals surface area contributed by atoms with Crippen LogP contribution in [0.2, 0.25) is 0 Å². The maximum absolute atomic E-state index is 13.9. The molecule has 60 heavy (non-hydrogen) atoms. The van der Waals surface area contributed by atoms with Crippen molar-refractivity contribution in [1.82, 2.24) is 31.9 Å². The molecule has 0 aliphatic rings. The fourth-order valence-corrected chi connectivity index (χ4v) is 6.38. The molecule has 0 saturated heterocycles.